The number of hydrogen-bond acceptors (Lipinski definition) is 1. The minimum atomic E-state index is -1.08. The highest BCUT2D eigenvalue weighted by molar-refractivity contribution is 5.83. The third kappa shape index (κ3) is 1.79. The topological polar surface area (TPSA) is 20.2 Å². The average molecular weight is 278 g/mol. The van der Waals surface area contributed by atoms with E-state index >= 15 is 0 Å². The van der Waals surface area contributed by atoms with Gasteiger partial charge in [0.05, 0.1) is 0 Å². The fourth-order valence-corrected chi connectivity index (χ4v) is 3.39. The van der Waals surface area contributed by atoms with Crippen LogP contribution in [0.25, 0.3) is 10.8 Å². The van der Waals surface area contributed by atoms with Gasteiger partial charge in [0.25, 0.3) is 0 Å². The van der Waals surface area contributed by atoms with Crippen LogP contribution in [-0.2, 0) is 12.0 Å². The Balaban J connectivity index is 1.91. The lowest BCUT2D eigenvalue weighted by Gasteiger charge is -2.25. The van der Waals surface area contributed by atoms with Crippen LogP contribution in [0.15, 0.2) is 60.7 Å². The molecule has 1 aliphatic carbocycles. The molecular weight excluding hydrogens is 263 g/mol. The summed E-state index contributed by atoms with van der Waals surface area (Å²) in [6, 6.07) is 19.0. The molecule has 0 aromatic heterocycles. The highest BCUT2D eigenvalue weighted by Crippen LogP contribution is 2.43. The third-order valence-corrected chi connectivity index (χ3v) is 4.53. The average Bonchev–Trinajstić information content (AvgIpc) is 2.87. The molecule has 1 N–H and O–H groups in total. The first-order valence-electron chi connectivity index (χ1n) is 7.18. The van der Waals surface area contributed by atoms with Crippen LogP contribution in [0.3, 0.4) is 0 Å². The van der Waals surface area contributed by atoms with E-state index in [9.17, 15) is 9.50 Å². The zero-order valence-electron chi connectivity index (χ0n) is 11.5. The van der Waals surface area contributed by atoms with E-state index in [0.29, 0.717) is 24.0 Å². The van der Waals surface area contributed by atoms with Crippen LogP contribution in [0, 0.1) is 5.82 Å². The van der Waals surface area contributed by atoms with E-state index in [1.807, 2.05) is 48.5 Å². The Bertz CT molecular complexity index is 840. The van der Waals surface area contributed by atoms with Crippen molar-refractivity contribution in [2.45, 2.75) is 18.4 Å². The quantitative estimate of drug-likeness (QED) is 0.708. The summed E-state index contributed by atoms with van der Waals surface area (Å²) in [5.41, 5.74) is 1.11. The second kappa shape index (κ2) is 4.40. The van der Waals surface area contributed by atoms with Crippen LogP contribution in [0.2, 0.25) is 0 Å². The summed E-state index contributed by atoms with van der Waals surface area (Å²) in [6.07, 6.45) is 1.10. The van der Waals surface area contributed by atoms with Crippen molar-refractivity contribution >= 4 is 10.8 Å². The Morgan fingerprint density at radius 1 is 0.905 bits per heavy atom. The van der Waals surface area contributed by atoms with Crippen molar-refractivity contribution < 1.29 is 9.50 Å². The summed E-state index contributed by atoms with van der Waals surface area (Å²) < 4.78 is 13.9. The van der Waals surface area contributed by atoms with Gasteiger partial charge < -0.3 is 5.11 Å². The summed E-state index contributed by atoms with van der Waals surface area (Å²) in [5, 5.41) is 13.4. The monoisotopic (exact) mass is 278 g/mol. The Morgan fingerprint density at radius 2 is 1.71 bits per heavy atom. The fraction of sp³-hybridized carbons (Fsp3) is 0.158. The molecule has 0 bridgehead atoms. The maximum atomic E-state index is 13.9. The maximum absolute atomic E-state index is 13.9. The van der Waals surface area contributed by atoms with Gasteiger partial charge in [-0.05, 0) is 52.4 Å². The molecule has 0 heterocycles. The number of fused-ring (bicyclic) bond motifs is 2. The summed E-state index contributed by atoms with van der Waals surface area (Å²) in [5.74, 6) is -0.218. The number of hydrogen-bond donors (Lipinski definition) is 1. The number of aliphatic hydroxyl groups is 1. The van der Waals surface area contributed by atoms with E-state index in [1.54, 1.807) is 6.07 Å². The van der Waals surface area contributed by atoms with Crippen molar-refractivity contribution in [3.05, 3.63) is 83.2 Å². The van der Waals surface area contributed by atoms with Gasteiger partial charge in [0.15, 0.2) is 0 Å². The molecule has 0 saturated heterocycles. The zero-order valence-corrected chi connectivity index (χ0v) is 11.5. The van der Waals surface area contributed by atoms with Crippen LogP contribution >= 0.6 is 0 Å². The van der Waals surface area contributed by atoms with E-state index in [4.69, 9.17) is 0 Å². The van der Waals surface area contributed by atoms with E-state index in [1.165, 1.54) is 6.07 Å². The normalized spacial score (nSPS) is 20.7. The van der Waals surface area contributed by atoms with Crippen molar-refractivity contribution in [3.8, 4) is 0 Å². The third-order valence-electron chi connectivity index (χ3n) is 4.53. The van der Waals surface area contributed by atoms with Gasteiger partial charge in [-0.3, -0.25) is 0 Å². The predicted octanol–water partition coefficient (Wildman–Crippen LogP) is 4.16. The molecule has 1 unspecified atom stereocenters. The van der Waals surface area contributed by atoms with Crippen LogP contribution in [0.4, 0.5) is 4.39 Å². The molecule has 4 rings (SSSR count). The molecule has 1 nitrogen and oxygen atoms in total. The highest BCUT2D eigenvalue weighted by Gasteiger charge is 2.39. The number of rotatable bonds is 1. The first-order valence-corrected chi connectivity index (χ1v) is 7.18. The van der Waals surface area contributed by atoms with Crippen LogP contribution in [0.5, 0.6) is 0 Å². The molecule has 3 aromatic carbocycles. The van der Waals surface area contributed by atoms with Crippen LogP contribution in [0.1, 0.15) is 23.1 Å². The standard InChI is InChI=1S/C19H15FO/c20-18-7-3-6-17-16(18)10-11-19(17,21)15-9-8-13-4-1-2-5-14(13)12-15/h1-9,12,21H,10-11H2. The lowest BCUT2D eigenvalue weighted by Crippen LogP contribution is -2.23. The number of halogens is 1. The molecule has 1 aliphatic rings. The molecular formula is C19H15FO. The largest absolute Gasteiger partial charge is 0.380 e. The molecule has 2 heteroatoms. The fourth-order valence-electron chi connectivity index (χ4n) is 3.39. The summed E-state index contributed by atoms with van der Waals surface area (Å²) in [4.78, 5) is 0. The summed E-state index contributed by atoms with van der Waals surface area (Å²) >= 11 is 0. The minimum absolute atomic E-state index is 0.218. The molecule has 104 valence electrons. The molecule has 21 heavy (non-hydrogen) atoms. The maximum Gasteiger partial charge on any atom is 0.126 e. The summed E-state index contributed by atoms with van der Waals surface area (Å²) in [6.45, 7) is 0. The Labute approximate surface area is 122 Å². The molecule has 0 saturated carbocycles. The van der Waals surface area contributed by atoms with Crippen molar-refractivity contribution in [2.75, 3.05) is 0 Å². The van der Waals surface area contributed by atoms with Gasteiger partial charge in [0.2, 0.25) is 0 Å². The van der Waals surface area contributed by atoms with Gasteiger partial charge in [0.1, 0.15) is 11.4 Å². The van der Waals surface area contributed by atoms with E-state index in [-0.39, 0.29) is 5.82 Å². The van der Waals surface area contributed by atoms with Crippen LogP contribution < -0.4 is 0 Å². The Morgan fingerprint density at radius 3 is 2.57 bits per heavy atom. The van der Waals surface area contributed by atoms with Crippen LogP contribution in [-0.4, -0.2) is 5.11 Å². The first kappa shape index (κ1) is 12.5. The first-order chi connectivity index (χ1) is 10.2. The second-order valence-electron chi connectivity index (χ2n) is 5.69. The molecule has 1 atom stereocenters. The lowest BCUT2D eigenvalue weighted by atomic mass is 9.87. The SMILES string of the molecule is OC1(c2ccc3ccccc3c2)CCc2c(F)cccc21. The molecule has 0 radical (unpaired) electrons. The minimum Gasteiger partial charge on any atom is -0.380 e. The summed E-state index contributed by atoms with van der Waals surface area (Å²) in [7, 11) is 0. The van der Waals surface area contributed by atoms with Crippen molar-refractivity contribution in [2.24, 2.45) is 0 Å². The van der Waals surface area contributed by atoms with Gasteiger partial charge in [-0.1, -0.05) is 48.5 Å². The van der Waals surface area contributed by atoms with E-state index in [2.05, 4.69) is 0 Å². The molecule has 0 aliphatic heterocycles. The van der Waals surface area contributed by atoms with Gasteiger partial charge >= 0.3 is 0 Å². The second-order valence-corrected chi connectivity index (χ2v) is 5.69. The van der Waals surface area contributed by atoms with Gasteiger partial charge in [-0.15, -0.1) is 0 Å². The predicted molar refractivity (Wildman–Crippen MR) is 81.7 cm³/mol. The lowest BCUT2D eigenvalue weighted by molar-refractivity contribution is 0.0830. The van der Waals surface area contributed by atoms with Crippen molar-refractivity contribution in [1.29, 1.82) is 0 Å². The van der Waals surface area contributed by atoms with Gasteiger partial charge in [-0.2, -0.15) is 0 Å². The Kier molecular flexibility index (Phi) is 2.63. The molecule has 0 amide bonds. The molecule has 3 aromatic rings. The zero-order chi connectivity index (χ0) is 14.4. The van der Waals surface area contributed by atoms with E-state index in [0.717, 1.165) is 16.3 Å². The van der Waals surface area contributed by atoms with Crippen molar-refractivity contribution in [1.82, 2.24) is 0 Å². The Hall–Kier alpha value is -2.19. The number of benzene rings is 3. The van der Waals surface area contributed by atoms with E-state index < -0.39 is 5.60 Å². The van der Waals surface area contributed by atoms with Gasteiger partial charge in [0, 0.05) is 0 Å². The smallest absolute Gasteiger partial charge is 0.126 e. The van der Waals surface area contributed by atoms with Gasteiger partial charge in [-0.25, -0.2) is 4.39 Å². The van der Waals surface area contributed by atoms with Crippen molar-refractivity contribution in [3.63, 3.8) is 0 Å². The molecule has 0 spiro atoms. The highest BCUT2D eigenvalue weighted by atomic mass is 19.1. The molecule has 0 fully saturated rings.